The number of hydrogen-bond acceptors (Lipinski definition) is 5. The predicted molar refractivity (Wildman–Crippen MR) is 98.5 cm³/mol. The van der Waals surface area contributed by atoms with Crippen molar-refractivity contribution in [2.24, 2.45) is 4.99 Å². The second-order valence-electron chi connectivity index (χ2n) is 7.02. The molecule has 0 aromatic heterocycles. The van der Waals surface area contributed by atoms with Gasteiger partial charge in [-0.15, -0.1) is 13.2 Å². The van der Waals surface area contributed by atoms with Crippen molar-refractivity contribution in [2.45, 2.75) is 51.2 Å². The smallest absolute Gasteiger partial charge is 0.164 e. The third-order valence-electron chi connectivity index (χ3n) is 4.37. The molecular formula is C17H29N2O3P. The van der Waals surface area contributed by atoms with Crippen LogP contribution in [0, 0.1) is 0 Å². The van der Waals surface area contributed by atoms with Crippen molar-refractivity contribution in [1.29, 1.82) is 0 Å². The second kappa shape index (κ2) is 6.94. The van der Waals surface area contributed by atoms with Gasteiger partial charge in [-0.1, -0.05) is 13.5 Å². The summed E-state index contributed by atoms with van der Waals surface area (Å²) in [5.74, 6) is 0.529. The summed E-state index contributed by atoms with van der Waals surface area (Å²) in [5, 5.41) is 20.7. The Bertz CT molecular complexity index is 578. The van der Waals surface area contributed by atoms with Gasteiger partial charge in [0, 0.05) is 11.9 Å². The van der Waals surface area contributed by atoms with E-state index in [1.54, 1.807) is 4.90 Å². The molecule has 1 unspecified atom stereocenters. The van der Waals surface area contributed by atoms with Crippen LogP contribution >= 0.6 is 6.89 Å². The number of nitrogens with zero attached hydrogens (tertiary/aromatic N) is 2. The van der Waals surface area contributed by atoms with Crippen LogP contribution in [0.1, 0.15) is 26.7 Å². The van der Waals surface area contributed by atoms with Crippen LogP contribution < -0.4 is 0 Å². The number of aliphatic imine (C=N–C) groups is 1. The summed E-state index contributed by atoms with van der Waals surface area (Å²) in [6.07, 6.45) is 5.66. The first-order valence-corrected chi connectivity index (χ1v) is 11.1. The first kappa shape index (κ1) is 18.5. The molecule has 2 aliphatic heterocycles. The molecule has 0 radical (unpaired) electrons. The van der Waals surface area contributed by atoms with Crippen molar-refractivity contribution >= 4 is 18.9 Å². The van der Waals surface area contributed by atoms with Gasteiger partial charge in [0.25, 0.3) is 0 Å². The van der Waals surface area contributed by atoms with Gasteiger partial charge < -0.3 is 19.8 Å². The number of ether oxygens (including phenoxy) is 1. The van der Waals surface area contributed by atoms with E-state index in [0.717, 1.165) is 23.9 Å². The van der Waals surface area contributed by atoms with Crippen molar-refractivity contribution in [3.63, 3.8) is 0 Å². The van der Waals surface area contributed by atoms with Crippen molar-refractivity contribution in [2.75, 3.05) is 19.5 Å². The lowest BCUT2D eigenvalue weighted by atomic mass is 10.1. The lowest BCUT2D eigenvalue weighted by Gasteiger charge is -2.32. The summed E-state index contributed by atoms with van der Waals surface area (Å²) in [7, 11) is 0. The van der Waals surface area contributed by atoms with E-state index in [-0.39, 0.29) is 6.10 Å². The number of rotatable bonds is 5. The van der Waals surface area contributed by atoms with Crippen LogP contribution in [-0.2, 0) is 4.74 Å². The van der Waals surface area contributed by atoms with Gasteiger partial charge in [-0.05, 0) is 44.8 Å². The minimum absolute atomic E-state index is 0.380. The zero-order chi connectivity index (χ0) is 17.4. The van der Waals surface area contributed by atoms with Gasteiger partial charge in [0.2, 0.25) is 0 Å². The Morgan fingerprint density at radius 1 is 1.35 bits per heavy atom. The van der Waals surface area contributed by atoms with Gasteiger partial charge in [0.15, 0.2) is 6.23 Å². The van der Waals surface area contributed by atoms with E-state index in [1.165, 1.54) is 0 Å². The normalized spacial score (nSPS) is 32.1. The molecule has 1 fully saturated rings. The maximum atomic E-state index is 10.4. The molecule has 0 saturated carbocycles. The maximum Gasteiger partial charge on any atom is 0.164 e. The van der Waals surface area contributed by atoms with E-state index in [2.05, 4.69) is 38.1 Å². The Kier molecular flexibility index (Phi) is 5.57. The van der Waals surface area contributed by atoms with Crippen LogP contribution in [0.3, 0.4) is 0 Å². The average Bonchev–Trinajstić information content (AvgIpc) is 2.73. The largest absolute Gasteiger partial charge is 0.388 e. The molecule has 2 aliphatic rings. The zero-order valence-corrected chi connectivity index (χ0v) is 15.5. The second-order valence-corrected chi connectivity index (χ2v) is 11.3. The van der Waals surface area contributed by atoms with Gasteiger partial charge in [0.1, 0.15) is 18.0 Å². The van der Waals surface area contributed by atoms with Gasteiger partial charge in [-0.25, -0.2) is 4.99 Å². The van der Waals surface area contributed by atoms with Crippen LogP contribution in [-0.4, -0.2) is 71.2 Å². The lowest BCUT2D eigenvalue weighted by Crippen LogP contribution is -2.42. The molecule has 0 aromatic rings. The third-order valence-corrected chi connectivity index (χ3v) is 5.83. The quantitative estimate of drug-likeness (QED) is 0.752. The standard InChI is InChI=1S/C17H29N2O3P/c1-7-13-10-19(12(3)18-11(13)2)17-16(21)15(20)14(22-17)8-9-23(4,5)6/h10,14-17,20-21H,3-4,7-9H2,1-2,5-6H3/t14-,15-,16-,17?/m1/s1. The monoisotopic (exact) mass is 340 g/mol. The zero-order valence-electron chi connectivity index (χ0n) is 14.6. The molecule has 130 valence electrons. The third kappa shape index (κ3) is 4.16. The molecule has 23 heavy (non-hydrogen) atoms. The molecule has 0 aliphatic carbocycles. The van der Waals surface area contributed by atoms with E-state index in [0.29, 0.717) is 12.2 Å². The molecule has 2 N–H and O–H groups in total. The molecule has 0 amide bonds. The predicted octanol–water partition coefficient (Wildman–Crippen LogP) is 2.07. The Morgan fingerprint density at radius 2 is 2.00 bits per heavy atom. The molecule has 4 atom stereocenters. The van der Waals surface area contributed by atoms with Crippen LogP contribution in [0.2, 0.25) is 0 Å². The fourth-order valence-electron chi connectivity index (χ4n) is 2.90. The first-order valence-electron chi connectivity index (χ1n) is 8.06. The lowest BCUT2D eigenvalue weighted by molar-refractivity contribution is -0.0581. The molecule has 2 heterocycles. The number of allylic oxidation sites excluding steroid dienone is 1. The summed E-state index contributed by atoms with van der Waals surface area (Å²) in [5.41, 5.74) is 2.01. The highest BCUT2D eigenvalue weighted by Gasteiger charge is 2.45. The molecule has 5 nitrogen and oxygen atoms in total. The number of aliphatic hydroxyl groups is 2. The van der Waals surface area contributed by atoms with Crippen LogP contribution in [0.4, 0.5) is 0 Å². The van der Waals surface area contributed by atoms with Gasteiger partial charge in [-0.2, -0.15) is 0 Å². The Hall–Kier alpha value is -0.870. The fraction of sp³-hybridized carbons (Fsp3) is 0.647. The summed E-state index contributed by atoms with van der Waals surface area (Å²) >= 11 is 0. The van der Waals surface area contributed by atoms with Crippen molar-refractivity contribution in [3.8, 4) is 0 Å². The van der Waals surface area contributed by atoms with Crippen molar-refractivity contribution in [1.82, 2.24) is 4.90 Å². The average molecular weight is 340 g/mol. The Labute approximate surface area is 139 Å². The van der Waals surface area contributed by atoms with Gasteiger partial charge in [-0.3, -0.25) is 0 Å². The highest BCUT2D eigenvalue weighted by molar-refractivity contribution is 7.72. The van der Waals surface area contributed by atoms with Crippen LogP contribution in [0.25, 0.3) is 0 Å². The molecular weight excluding hydrogens is 311 g/mol. The fourth-order valence-corrected chi connectivity index (χ4v) is 3.85. The summed E-state index contributed by atoms with van der Waals surface area (Å²) < 4.78 is 5.96. The molecule has 2 rings (SSSR count). The Morgan fingerprint density at radius 3 is 2.57 bits per heavy atom. The topological polar surface area (TPSA) is 65.3 Å². The summed E-state index contributed by atoms with van der Waals surface area (Å²) in [6.45, 7) is 11.1. The van der Waals surface area contributed by atoms with Gasteiger partial charge >= 0.3 is 0 Å². The van der Waals surface area contributed by atoms with E-state index in [9.17, 15) is 10.2 Å². The number of hydrogen-bond donors (Lipinski definition) is 2. The number of aliphatic hydroxyl groups excluding tert-OH is 2. The van der Waals surface area contributed by atoms with Crippen molar-refractivity contribution in [3.05, 3.63) is 24.2 Å². The highest BCUT2D eigenvalue weighted by Crippen LogP contribution is 2.39. The van der Waals surface area contributed by atoms with Crippen LogP contribution in [0.5, 0.6) is 0 Å². The Balaban J connectivity index is 2.13. The first-order chi connectivity index (χ1) is 10.6. The molecule has 0 aromatic carbocycles. The summed E-state index contributed by atoms with van der Waals surface area (Å²) in [6, 6.07) is 0. The minimum Gasteiger partial charge on any atom is -0.388 e. The SMILES string of the molecule is C=C1N=C(C)C(CC)=CN1C1O[C@H](CCP(=C)(C)C)[C@@H](O)[C@H]1O. The van der Waals surface area contributed by atoms with Gasteiger partial charge in [0.05, 0.1) is 6.10 Å². The summed E-state index contributed by atoms with van der Waals surface area (Å²) in [4.78, 5) is 6.17. The van der Waals surface area contributed by atoms with Crippen LogP contribution in [0.15, 0.2) is 29.2 Å². The molecule has 6 heteroatoms. The maximum absolute atomic E-state index is 10.4. The van der Waals surface area contributed by atoms with Crippen molar-refractivity contribution < 1.29 is 14.9 Å². The molecule has 1 saturated heterocycles. The van der Waals surface area contributed by atoms with E-state index >= 15 is 0 Å². The molecule has 0 spiro atoms. The minimum atomic E-state index is -1.19. The van der Waals surface area contributed by atoms with E-state index in [1.807, 2.05) is 13.1 Å². The highest BCUT2D eigenvalue weighted by atomic mass is 31.2. The van der Waals surface area contributed by atoms with E-state index in [4.69, 9.17) is 4.74 Å². The molecule has 0 bridgehead atoms. The van der Waals surface area contributed by atoms with E-state index < -0.39 is 25.3 Å².